The first-order chi connectivity index (χ1) is 7.66. The molecule has 1 fully saturated rings. The molecule has 0 radical (unpaired) electrons. The summed E-state index contributed by atoms with van der Waals surface area (Å²) in [5.41, 5.74) is 5.43. The predicted octanol–water partition coefficient (Wildman–Crippen LogP) is 1.91. The summed E-state index contributed by atoms with van der Waals surface area (Å²) in [4.78, 5) is 2.14. The molecule has 1 atom stereocenters. The van der Waals surface area contributed by atoms with Crippen molar-refractivity contribution in [2.24, 2.45) is 11.8 Å². The molecule has 90 valence electrons. The van der Waals surface area contributed by atoms with Gasteiger partial charge in [-0.25, -0.2) is 0 Å². The second-order valence-corrected chi connectivity index (χ2v) is 4.84. The molecule has 0 aliphatic carbocycles. The Kier molecular flexibility index (Phi) is 3.31. The van der Waals surface area contributed by atoms with Crippen LogP contribution in [0.25, 0.3) is 0 Å². The topological polar surface area (TPSA) is 68.2 Å². The molecule has 16 heavy (non-hydrogen) atoms. The van der Waals surface area contributed by atoms with Gasteiger partial charge >= 0.3 is 12.0 Å². The van der Waals surface area contributed by atoms with Crippen LogP contribution in [0.15, 0.2) is 4.42 Å². The maximum Gasteiger partial charge on any atom is 0.319 e. The molecule has 2 N–H and O–H groups in total. The molecule has 0 amide bonds. The molecule has 5 nitrogen and oxygen atoms in total. The molecule has 1 saturated heterocycles. The van der Waals surface area contributed by atoms with E-state index in [4.69, 9.17) is 10.2 Å². The minimum absolute atomic E-state index is 0.152. The number of nitrogens with two attached hydrogens (primary N) is 1. The summed E-state index contributed by atoms with van der Waals surface area (Å²) in [6, 6.07) is 0.724. The van der Waals surface area contributed by atoms with Gasteiger partial charge in [0.05, 0.1) is 0 Å². The van der Waals surface area contributed by atoms with Gasteiger partial charge in [0.15, 0.2) is 0 Å². The number of rotatable bonds is 2. The zero-order valence-electron chi connectivity index (χ0n) is 10.0. The van der Waals surface area contributed by atoms with Gasteiger partial charge in [-0.1, -0.05) is 24.0 Å². The lowest BCUT2D eigenvalue weighted by atomic mass is 9.89. The van der Waals surface area contributed by atoms with Crippen molar-refractivity contribution in [1.29, 1.82) is 0 Å². The highest BCUT2D eigenvalue weighted by Crippen LogP contribution is 2.26. The van der Waals surface area contributed by atoms with Gasteiger partial charge in [-0.2, -0.15) is 0 Å². The molecule has 2 heterocycles. The average molecular weight is 224 g/mol. The van der Waals surface area contributed by atoms with Gasteiger partial charge in [0.1, 0.15) is 0 Å². The number of nitrogen functional groups attached to an aromatic ring is 1. The molecule has 5 heteroatoms. The molecule has 1 aromatic heterocycles. The van der Waals surface area contributed by atoms with E-state index in [0.29, 0.717) is 6.01 Å². The SMILES string of the molecule is CC(C)C1CCCN(c2nnc(N)o2)CC1. The number of nitrogens with zero attached hydrogens (tertiary/aromatic N) is 3. The highest BCUT2D eigenvalue weighted by atomic mass is 16.4. The highest BCUT2D eigenvalue weighted by Gasteiger charge is 2.22. The van der Waals surface area contributed by atoms with Gasteiger partial charge in [-0.15, -0.1) is 0 Å². The molecule has 0 aromatic carbocycles. The number of aromatic nitrogens is 2. The van der Waals surface area contributed by atoms with Crippen LogP contribution in [0.3, 0.4) is 0 Å². The monoisotopic (exact) mass is 224 g/mol. The molecule has 0 spiro atoms. The van der Waals surface area contributed by atoms with E-state index >= 15 is 0 Å². The second-order valence-electron chi connectivity index (χ2n) is 4.84. The lowest BCUT2D eigenvalue weighted by Gasteiger charge is -2.19. The summed E-state index contributed by atoms with van der Waals surface area (Å²) in [7, 11) is 0. The normalized spacial score (nSPS) is 22.4. The minimum Gasteiger partial charge on any atom is -0.390 e. The molecule has 1 aromatic rings. The summed E-state index contributed by atoms with van der Waals surface area (Å²) in [5, 5.41) is 7.63. The van der Waals surface area contributed by atoms with Gasteiger partial charge in [0.25, 0.3) is 0 Å². The Morgan fingerprint density at radius 3 is 2.75 bits per heavy atom. The van der Waals surface area contributed by atoms with Crippen molar-refractivity contribution in [3.63, 3.8) is 0 Å². The van der Waals surface area contributed by atoms with Crippen LogP contribution in [-0.4, -0.2) is 23.3 Å². The summed E-state index contributed by atoms with van der Waals surface area (Å²) in [6.07, 6.45) is 3.67. The lowest BCUT2D eigenvalue weighted by molar-refractivity contribution is 0.351. The van der Waals surface area contributed by atoms with E-state index in [1.165, 1.54) is 19.3 Å². The molecule has 1 aliphatic rings. The van der Waals surface area contributed by atoms with E-state index in [2.05, 4.69) is 28.9 Å². The van der Waals surface area contributed by atoms with E-state index in [1.54, 1.807) is 0 Å². The van der Waals surface area contributed by atoms with Crippen molar-refractivity contribution in [1.82, 2.24) is 10.2 Å². The quantitative estimate of drug-likeness (QED) is 0.831. The third-order valence-electron chi connectivity index (χ3n) is 3.42. The van der Waals surface area contributed by atoms with E-state index in [0.717, 1.165) is 24.9 Å². The van der Waals surface area contributed by atoms with E-state index in [1.807, 2.05) is 0 Å². The summed E-state index contributed by atoms with van der Waals surface area (Å²) >= 11 is 0. The van der Waals surface area contributed by atoms with Crippen molar-refractivity contribution in [3.8, 4) is 0 Å². The molecule has 0 bridgehead atoms. The van der Waals surface area contributed by atoms with Crippen LogP contribution < -0.4 is 10.6 Å². The van der Waals surface area contributed by atoms with Crippen LogP contribution in [0, 0.1) is 11.8 Å². The van der Waals surface area contributed by atoms with Crippen molar-refractivity contribution < 1.29 is 4.42 Å². The fraction of sp³-hybridized carbons (Fsp3) is 0.818. The number of hydrogen-bond donors (Lipinski definition) is 1. The minimum atomic E-state index is 0.152. The zero-order chi connectivity index (χ0) is 11.5. The van der Waals surface area contributed by atoms with Crippen molar-refractivity contribution in [3.05, 3.63) is 0 Å². The van der Waals surface area contributed by atoms with Gasteiger partial charge in [0, 0.05) is 13.1 Å². The smallest absolute Gasteiger partial charge is 0.319 e. The van der Waals surface area contributed by atoms with Crippen molar-refractivity contribution in [2.75, 3.05) is 23.7 Å². The van der Waals surface area contributed by atoms with Crippen molar-refractivity contribution >= 4 is 12.0 Å². The second kappa shape index (κ2) is 4.72. The van der Waals surface area contributed by atoms with Crippen LogP contribution in [0.1, 0.15) is 33.1 Å². The van der Waals surface area contributed by atoms with Gasteiger partial charge in [0.2, 0.25) is 0 Å². The first kappa shape index (κ1) is 11.2. The molecular weight excluding hydrogens is 204 g/mol. The zero-order valence-corrected chi connectivity index (χ0v) is 10.0. The van der Waals surface area contributed by atoms with E-state index in [9.17, 15) is 0 Å². The number of anilines is 2. The van der Waals surface area contributed by atoms with Gasteiger partial charge < -0.3 is 15.1 Å². The van der Waals surface area contributed by atoms with Crippen LogP contribution >= 0.6 is 0 Å². The van der Waals surface area contributed by atoms with Crippen LogP contribution in [0.5, 0.6) is 0 Å². The molecular formula is C11H20N4O. The molecule has 1 aliphatic heterocycles. The summed E-state index contributed by atoms with van der Waals surface area (Å²) < 4.78 is 5.26. The average Bonchev–Trinajstić information content (AvgIpc) is 2.54. The predicted molar refractivity (Wildman–Crippen MR) is 63.1 cm³/mol. The van der Waals surface area contributed by atoms with Crippen LogP contribution in [-0.2, 0) is 0 Å². The number of hydrogen-bond acceptors (Lipinski definition) is 5. The Bertz CT molecular complexity index is 336. The van der Waals surface area contributed by atoms with E-state index in [-0.39, 0.29) is 6.01 Å². The highest BCUT2D eigenvalue weighted by molar-refractivity contribution is 5.27. The lowest BCUT2D eigenvalue weighted by Crippen LogP contribution is -2.24. The Hall–Kier alpha value is -1.26. The Labute approximate surface area is 96.0 Å². The summed E-state index contributed by atoms with van der Waals surface area (Å²) in [6.45, 7) is 6.57. The molecule has 1 unspecified atom stereocenters. The summed E-state index contributed by atoms with van der Waals surface area (Å²) in [5.74, 6) is 1.57. The Morgan fingerprint density at radius 2 is 2.12 bits per heavy atom. The van der Waals surface area contributed by atoms with Crippen molar-refractivity contribution in [2.45, 2.75) is 33.1 Å². The Morgan fingerprint density at radius 1 is 1.31 bits per heavy atom. The van der Waals surface area contributed by atoms with Crippen LogP contribution in [0.2, 0.25) is 0 Å². The van der Waals surface area contributed by atoms with Crippen LogP contribution in [0.4, 0.5) is 12.0 Å². The first-order valence-electron chi connectivity index (χ1n) is 6.00. The fourth-order valence-corrected chi connectivity index (χ4v) is 2.33. The fourth-order valence-electron chi connectivity index (χ4n) is 2.33. The standard InChI is InChI=1S/C11H20N4O/c1-8(2)9-4-3-6-15(7-5-9)11-14-13-10(12)16-11/h8-9H,3-7H2,1-2H3,(H2,12,13). The third kappa shape index (κ3) is 2.46. The van der Waals surface area contributed by atoms with Gasteiger partial charge in [-0.05, 0) is 31.1 Å². The Balaban J connectivity index is 1.98. The van der Waals surface area contributed by atoms with E-state index < -0.39 is 0 Å². The maximum atomic E-state index is 5.43. The largest absolute Gasteiger partial charge is 0.390 e. The molecule has 2 rings (SSSR count). The maximum absolute atomic E-state index is 5.43. The first-order valence-corrected chi connectivity index (χ1v) is 6.00. The van der Waals surface area contributed by atoms with Gasteiger partial charge in [-0.3, -0.25) is 0 Å². The third-order valence-corrected chi connectivity index (χ3v) is 3.42. The molecule has 0 saturated carbocycles.